The maximum Gasteiger partial charge on any atom is 0.283 e. The Morgan fingerprint density at radius 1 is 1.16 bits per heavy atom. The van der Waals surface area contributed by atoms with Crippen LogP contribution < -0.4 is 0 Å². The van der Waals surface area contributed by atoms with Crippen LogP contribution >= 0.6 is 27.7 Å². The number of aliphatic imine (C=N–C) groups is 1. The Bertz CT molecular complexity index is 1360. The number of amidine groups is 2. The summed E-state index contributed by atoms with van der Waals surface area (Å²) in [6.45, 7) is 4.01. The number of hydrazone groups is 1. The number of amides is 1. The fourth-order valence-electron chi connectivity index (χ4n) is 3.67. The molecule has 158 valence electrons. The first kappa shape index (κ1) is 20.6. The van der Waals surface area contributed by atoms with Gasteiger partial charge in [0.2, 0.25) is 5.17 Å². The first-order valence-corrected chi connectivity index (χ1v) is 11.4. The number of nitrogens with one attached hydrogen (secondary N) is 1. The highest BCUT2D eigenvalue weighted by atomic mass is 79.9. The molecule has 2 aromatic heterocycles. The van der Waals surface area contributed by atoms with Gasteiger partial charge in [0.15, 0.2) is 5.84 Å². The molecule has 0 radical (unpaired) electrons. The molecule has 5 rings (SSSR count). The van der Waals surface area contributed by atoms with E-state index in [0.717, 1.165) is 32.7 Å². The van der Waals surface area contributed by atoms with E-state index in [0.29, 0.717) is 10.2 Å². The average Bonchev–Trinajstić information content (AvgIpc) is 3.33. The molecule has 0 spiro atoms. The first-order chi connectivity index (χ1) is 15.4. The molecule has 0 unspecified atom stereocenters. The van der Waals surface area contributed by atoms with Crippen LogP contribution in [0.5, 0.6) is 0 Å². The number of carbonyl (C=O) groups excluding carboxylic acids is 1. The lowest BCUT2D eigenvalue weighted by Gasteiger charge is -2.20. The standard InChI is InChI=1S/C23H17BrN6OS/c1-13-10-16(14(2)29(13)18-7-5-17(24)6-8-18)11-19-20(25)30-23(27-21(19)31)32-22(28-30)15-4-3-9-26-12-15/h3-12,25H,1-2H3/b19-11+,25-20?. The van der Waals surface area contributed by atoms with Gasteiger partial charge in [0.1, 0.15) is 5.04 Å². The molecule has 7 nitrogen and oxygen atoms in total. The number of aryl methyl sites for hydroxylation is 1. The first-order valence-electron chi connectivity index (χ1n) is 9.78. The van der Waals surface area contributed by atoms with Crippen LogP contribution in [0.4, 0.5) is 0 Å². The van der Waals surface area contributed by atoms with Crippen LogP contribution in [0, 0.1) is 19.3 Å². The van der Waals surface area contributed by atoms with Gasteiger partial charge in [-0.2, -0.15) is 15.1 Å². The highest BCUT2D eigenvalue weighted by Gasteiger charge is 2.36. The number of carbonyl (C=O) groups is 1. The van der Waals surface area contributed by atoms with E-state index in [4.69, 9.17) is 5.41 Å². The Morgan fingerprint density at radius 2 is 1.94 bits per heavy atom. The van der Waals surface area contributed by atoms with E-state index < -0.39 is 5.91 Å². The quantitative estimate of drug-likeness (QED) is 0.512. The van der Waals surface area contributed by atoms with Crippen molar-refractivity contribution >= 4 is 55.7 Å². The predicted octanol–water partition coefficient (Wildman–Crippen LogP) is 4.92. The van der Waals surface area contributed by atoms with E-state index in [1.54, 1.807) is 18.5 Å². The van der Waals surface area contributed by atoms with Crippen LogP contribution in [0.1, 0.15) is 22.5 Å². The van der Waals surface area contributed by atoms with Crippen molar-refractivity contribution in [3.8, 4) is 5.69 Å². The molecule has 0 aliphatic carbocycles. The zero-order valence-corrected chi connectivity index (χ0v) is 19.6. The third kappa shape index (κ3) is 3.53. The van der Waals surface area contributed by atoms with Crippen molar-refractivity contribution < 1.29 is 4.79 Å². The normalized spacial score (nSPS) is 17.0. The topological polar surface area (TPSA) is 86.7 Å². The second-order valence-corrected chi connectivity index (χ2v) is 9.18. The van der Waals surface area contributed by atoms with Crippen molar-refractivity contribution in [2.24, 2.45) is 10.1 Å². The maximum absolute atomic E-state index is 12.8. The van der Waals surface area contributed by atoms with Gasteiger partial charge >= 0.3 is 0 Å². The Morgan fingerprint density at radius 3 is 2.66 bits per heavy atom. The Labute approximate surface area is 197 Å². The average molecular weight is 505 g/mol. The summed E-state index contributed by atoms with van der Waals surface area (Å²) in [4.78, 5) is 21.1. The Balaban J connectivity index is 1.51. The number of hydrogen-bond donors (Lipinski definition) is 1. The number of halogens is 1. The summed E-state index contributed by atoms with van der Waals surface area (Å²) < 4.78 is 3.13. The van der Waals surface area contributed by atoms with Gasteiger partial charge < -0.3 is 4.57 Å². The second-order valence-electron chi connectivity index (χ2n) is 7.31. The number of nitrogens with zero attached hydrogens (tertiary/aromatic N) is 5. The van der Waals surface area contributed by atoms with E-state index in [9.17, 15) is 4.79 Å². The molecule has 2 aliphatic heterocycles. The minimum Gasteiger partial charge on any atom is -0.318 e. The van der Waals surface area contributed by atoms with E-state index in [2.05, 4.69) is 35.6 Å². The van der Waals surface area contributed by atoms with Crippen molar-refractivity contribution in [2.75, 3.05) is 0 Å². The third-order valence-corrected chi connectivity index (χ3v) is 6.70. The second kappa shape index (κ2) is 7.99. The van der Waals surface area contributed by atoms with Crippen molar-refractivity contribution in [1.82, 2.24) is 14.6 Å². The van der Waals surface area contributed by atoms with Gasteiger partial charge in [-0.25, -0.2) is 0 Å². The molecule has 0 saturated carbocycles. The minimum absolute atomic E-state index is 0.0137. The van der Waals surface area contributed by atoms with Crippen LogP contribution in [-0.4, -0.2) is 36.5 Å². The van der Waals surface area contributed by atoms with Gasteiger partial charge in [0.05, 0.1) is 5.57 Å². The zero-order valence-electron chi connectivity index (χ0n) is 17.2. The summed E-state index contributed by atoms with van der Waals surface area (Å²) in [5.41, 5.74) is 4.92. The molecule has 2 aliphatic rings. The van der Waals surface area contributed by atoms with Crippen molar-refractivity contribution in [3.63, 3.8) is 0 Å². The molecule has 3 aromatic rings. The maximum atomic E-state index is 12.8. The molecule has 0 fully saturated rings. The lowest BCUT2D eigenvalue weighted by atomic mass is 10.1. The number of aromatic nitrogens is 2. The van der Waals surface area contributed by atoms with E-state index in [1.807, 2.05) is 56.3 Å². The van der Waals surface area contributed by atoms with Gasteiger partial charge in [-0.3, -0.25) is 15.2 Å². The monoisotopic (exact) mass is 504 g/mol. The molecule has 1 amide bonds. The minimum atomic E-state index is -0.440. The smallest absolute Gasteiger partial charge is 0.283 e. The van der Waals surface area contributed by atoms with E-state index >= 15 is 0 Å². The summed E-state index contributed by atoms with van der Waals surface area (Å²) in [5, 5.41) is 15.6. The lowest BCUT2D eigenvalue weighted by Crippen LogP contribution is -2.35. The molecule has 0 atom stereocenters. The van der Waals surface area contributed by atoms with E-state index in [1.165, 1.54) is 16.8 Å². The highest BCUT2D eigenvalue weighted by molar-refractivity contribution is 9.10. The molecule has 1 aromatic carbocycles. The molecular weight excluding hydrogens is 488 g/mol. The Kier molecular flexibility index (Phi) is 5.15. The summed E-state index contributed by atoms with van der Waals surface area (Å²) in [6, 6.07) is 13.8. The molecule has 4 heterocycles. The third-order valence-electron chi connectivity index (χ3n) is 5.22. The Hall–Kier alpha value is -3.30. The molecule has 1 N–H and O–H groups in total. The van der Waals surface area contributed by atoms with Crippen molar-refractivity contribution in [3.05, 3.63) is 87.4 Å². The van der Waals surface area contributed by atoms with Gasteiger partial charge in [0.25, 0.3) is 5.91 Å². The zero-order chi connectivity index (χ0) is 22.4. The molecule has 9 heteroatoms. The van der Waals surface area contributed by atoms with Crippen LogP contribution in [0.3, 0.4) is 0 Å². The molecule has 0 bridgehead atoms. The molecular formula is C23H17BrN6OS. The molecule has 32 heavy (non-hydrogen) atoms. The number of thioether (sulfide) groups is 1. The number of pyridine rings is 1. The van der Waals surface area contributed by atoms with Gasteiger partial charge in [-0.15, -0.1) is 0 Å². The fraction of sp³-hybridized carbons (Fsp3) is 0.0870. The number of rotatable bonds is 3. The largest absolute Gasteiger partial charge is 0.318 e. The summed E-state index contributed by atoms with van der Waals surface area (Å²) in [5.74, 6) is -0.426. The van der Waals surface area contributed by atoms with E-state index in [-0.39, 0.29) is 11.4 Å². The SMILES string of the molecule is Cc1cc(/C=C2\C(=N)N3N=C(c4cccnc4)SC3=NC2=O)c(C)n1-c1ccc(Br)cc1. The predicted molar refractivity (Wildman–Crippen MR) is 131 cm³/mol. The van der Waals surface area contributed by atoms with Crippen molar-refractivity contribution in [2.45, 2.75) is 13.8 Å². The molecule has 0 saturated heterocycles. The summed E-state index contributed by atoms with van der Waals surface area (Å²) >= 11 is 4.73. The van der Waals surface area contributed by atoms with Crippen molar-refractivity contribution in [1.29, 1.82) is 5.41 Å². The van der Waals surface area contributed by atoms with Gasteiger partial charge in [-0.05, 0) is 79.7 Å². The van der Waals surface area contributed by atoms with Gasteiger partial charge in [0, 0.05) is 39.5 Å². The fourth-order valence-corrected chi connectivity index (χ4v) is 4.82. The van der Waals surface area contributed by atoms with Crippen LogP contribution in [0.2, 0.25) is 0 Å². The van der Waals surface area contributed by atoms with Crippen LogP contribution in [0.25, 0.3) is 11.8 Å². The van der Waals surface area contributed by atoms with Crippen LogP contribution in [-0.2, 0) is 4.79 Å². The number of fused-ring (bicyclic) bond motifs is 1. The lowest BCUT2D eigenvalue weighted by molar-refractivity contribution is -0.114. The summed E-state index contributed by atoms with van der Waals surface area (Å²) in [6.07, 6.45) is 5.11. The number of benzene rings is 1. The summed E-state index contributed by atoms with van der Waals surface area (Å²) in [7, 11) is 0. The van der Waals surface area contributed by atoms with Crippen LogP contribution in [0.15, 0.2) is 75.0 Å². The van der Waals surface area contributed by atoms with Gasteiger partial charge in [-0.1, -0.05) is 15.9 Å². The highest BCUT2D eigenvalue weighted by Crippen LogP contribution is 2.31. The number of hydrogen-bond acceptors (Lipinski definition) is 5.